The molecule has 0 saturated carbocycles. The third kappa shape index (κ3) is 6.14. The quantitative estimate of drug-likeness (QED) is 0.395. The summed E-state index contributed by atoms with van der Waals surface area (Å²) >= 11 is 0. The lowest BCUT2D eigenvalue weighted by Gasteiger charge is -2.11. The summed E-state index contributed by atoms with van der Waals surface area (Å²) in [7, 11) is 0. The van der Waals surface area contributed by atoms with E-state index in [9.17, 15) is 4.79 Å². The molecule has 0 aromatic carbocycles. The van der Waals surface area contributed by atoms with Crippen molar-refractivity contribution in [2.24, 2.45) is 5.92 Å². The molecule has 5 heteroatoms. The molecule has 29 heavy (non-hydrogen) atoms. The SMILES string of the molecule is C/C=C\c1nn(Cc2cnc(OCCC(C)C)c(C)c2)cc1/C(C=O)=C(\C)CC. The Bertz CT molecular complexity index is 892. The van der Waals surface area contributed by atoms with Gasteiger partial charge in [0.25, 0.3) is 0 Å². The summed E-state index contributed by atoms with van der Waals surface area (Å²) < 4.78 is 7.67. The summed E-state index contributed by atoms with van der Waals surface area (Å²) in [5.41, 5.74) is 5.52. The highest BCUT2D eigenvalue weighted by molar-refractivity contribution is 6.09. The van der Waals surface area contributed by atoms with E-state index in [4.69, 9.17) is 4.74 Å². The molecule has 0 aliphatic carbocycles. The van der Waals surface area contributed by atoms with Gasteiger partial charge in [0, 0.05) is 29.1 Å². The van der Waals surface area contributed by atoms with Gasteiger partial charge in [-0.25, -0.2) is 4.98 Å². The zero-order chi connectivity index (χ0) is 21.4. The number of pyridine rings is 1. The third-order valence-electron chi connectivity index (χ3n) is 4.88. The minimum Gasteiger partial charge on any atom is -0.477 e. The fourth-order valence-electron chi connectivity index (χ4n) is 3.03. The Kier molecular flexibility index (Phi) is 8.37. The van der Waals surface area contributed by atoms with E-state index in [1.54, 1.807) is 0 Å². The predicted octanol–water partition coefficient (Wildman–Crippen LogP) is 5.48. The fourth-order valence-corrected chi connectivity index (χ4v) is 3.03. The highest BCUT2D eigenvalue weighted by Gasteiger charge is 2.14. The molecule has 0 radical (unpaired) electrons. The Morgan fingerprint density at radius 1 is 1.34 bits per heavy atom. The molecule has 156 valence electrons. The molecule has 0 saturated heterocycles. The van der Waals surface area contributed by atoms with E-state index in [0.717, 1.165) is 52.7 Å². The van der Waals surface area contributed by atoms with Crippen LogP contribution >= 0.6 is 0 Å². The lowest BCUT2D eigenvalue weighted by Crippen LogP contribution is -2.06. The maximum Gasteiger partial charge on any atom is 0.216 e. The van der Waals surface area contributed by atoms with Crippen molar-refractivity contribution in [3.8, 4) is 5.88 Å². The van der Waals surface area contributed by atoms with Gasteiger partial charge in [0.1, 0.15) is 0 Å². The minimum absolute atomic E-state index is 0.585. The van der Waals surface area contributed by atoms with Gasteiger partial charge >= 0.3 is 0 Å². The summed E-state index contributed by atoms with van der Waals surface area (Å²) in [4.78, 5) is 16.2. The number of aryl methyl sites for hydroxylation is 1. The molecule has 2 aromatic heterocycles. The first-order valence-electron chi connectivity index (χ1n) is 10.3. The average Bonchev–Trinajstić information content (AvgIpc) is 3.06. The number of carbonyl (C=O) groups excluding carboxylic acids is 1. The molecule has 0 bridgehead atoms. The number of aromatic nitrogens is 3. The average molecular weight is 396 g/mol. The van der Waals surface area contributed by atoms with E-state index in [2.05, 4.69) is 36.9 Å². The normalized spacial score (nSPS) is 12.5. The lowest BCUT2D eigenvalue weighted by atomic mass is 10.0. The Morgan fingerprint density at radius 3 is 2.69 bits per heavy atom. The van der Waals surface area contributed by atoms with Crippen molar-refractivity contribution in [1.82, 2.24) is 14.8 Å². The summed E-state index contributed by atoms with van der Waals surface area (Å²) in [6.45, 7) is 13.6. The molecule has 0 aliphatic heterocycles. The van der Waals surface area contributed by atoms with E-state index >= 15 is 0 Å². The molecule has 2 heterocycles. The number of hydrogen-bond acceptors (Lipinski definition) is 4. The van der Waals surface area contributed by atoms with Gasteiger partial charge < -0.3 is 4.74 Å². The fraction of sp³-hybridized carbons (Fsp3) is 0.458. The number of carbonyl (C=O) groups is 1. The van der Waals surface area contributed by atoms with E-state index in [1.165, 1.54) is 0 Å². The molecule has 2 rings (SSSR count). The molecule has 2 aromatic rings. The number of rotatable bonds is 10. The molecular formula is C24H33N3O2. The summed E-state index contributed by atoms with van der Waals surface area (Å²) in [5, 5.41) is 4.68. The maximum atomic E-state index is 11.7. The lowest BCUT2D eigenvalue weighted by molar-refractivity contribution is -0.103. The smallest absolute Gasteiger partial charge is 0.216 e. The van der Waals surface area contributed by atoms with Crippen LogP contribution in [0.25, 0.3) is 11.6 Å². The van der Waals surface area contributed by atoms with Crippen LogP contribution in [0.3, 0.4) is 0 Å². The van der Waals surface area contributed by atoms with Gasteiger partial charge in [-0.2, -0.15) is 5.10 Å². The van der Waals surface area contributed by atoms with Gasteiger partial charge in [-0.3, -0.25) is 9.48 Å². The van der Waals surface area contributed by atoms with Crippen LogP contribution in [-0.4, -0.2) is 27.7 Å². The van der Waals surface area contributed by atoms with Crippen LogP contribution in [0.2, 0.25) is 0 Å². The molecule has 0 spiro atoms. The van der Waals surface area contributed by atoms with Crippen molar-refractivity contribution < 1.29 is 9.53 Å². The Labute approximate surface area is 174 Å². The minimum atomic E-state index is 0.585. The van der Waals surface area contributed by atoms with Crippen molar-refractivity contribution in [2.75, 3.05) is 6.61 Å². The third-order valence-corrected chi connectivity index (χ3v) is 4.88. The molecule has 0 amide bonds. The predicted molar refractivity (Wildman–Crippen MR) is 119 cm³/mol. The van der Waals surface area contributed by atoms with Crippen LogP contribution in [0.5, 0.6) is 5.88 Å². The van der Waals surface area contributed by atoms with Crippen molar-refractivity contribution in [2.45, 2.75) is 60.9 Å². The van der Waals surface area contributed by atoms with Crippen LogP contribution in [0, 0.1) is 12.8 Å². The van der Waals surface area contributed by atoms with E-state index < -0.39 is 0 Å². The monoisotopic (exact) mass is 395 g/mol. The van der Waals surface area contributed by atoms with Crippen LogP contribution in [-0.2, 0) is 11.3 Å². The number of aldehydes is 1. The maximum absolute atomic E-state index is 11.7. The van der Waals surface area contributed by atoms with Crippen LogP contribution < -0.4 is 4.74 Å². The molecule has 0 unspecified atom stereocenters. The van der Waals surface area contributed by atoms with Gasteiger partial charge in [0.2, 0.25) is 5.88 Å². The number of ether oxygens (including phenoxy) is 1. The van der Waals surface area contributed by atoms with Crippen molar-refractivity contribution >= 4 is 17.9 Å². The Morgan fingerprint density at radius 2 is 2.10 bits per heavy atom. The standard InChI is InChI=1S/C24H33N3O2/c1-7-9-23-21(22(16-28)18(5)8-2)15-27(26-23)14-20-12-19(6)24(25-13-20)29-11-10-17(3)4/h7,9,12-13,15-17H,8,10-11,14H2,1-6H3/b9-7-,22-18+. The molecule has 5 nitrogen and oxygen atoms in total. The zero-order valence-corrected chi connectivity index (χ0v) is 18.5. The zero-order valence-electron chi connectivity index (χ0n) is 18.5. The number of hydrogen-bond donors (Lipinski definition) is 0. The van der Waals surface area contributed by atoms with Gasteiger partial charge in [-0.15, -0.1) is 0 Å². The van der Waals surface area contributed by atoms with Crippen molar-refractivity contribution in [3.05, 3.63) is 52.5 Å². The molecule has 0 N–H and O–H groups in total. The van der Waals surface area contributed by atoms with E-state index in [1.807, 2.05) is 50.0 Å². The van der Waals surface area contributed by atoms with Gasteiger partial charge in [0.05, 0.1) is 18.8 Å². The van der Waals surface area contributed by atoms with Crippen molar-refractivity contribution in [1.29, 1.82) is 0 Å². The van der Waals surface area contributed by atoms with Crippen LogP contribution in [0.1, 0.15) is 69.8 Å². The van der Waals surface area contributed by atoms with E-state index in [-0.39, 0.29) is 0 Å². The Balaban J connectivity index is 2.25. The summed E-state index contributed by atoms with van der Waals surface area (Å²) in [6, 6.07) is 2.09. The topological polar surface area (TPSA) is 57.0 Å². The summed E-state index contributed by atoms with van der Waals surface area (Å²) in [5.74, 6) is 1.30. The highest BCUT2D eigenvalue weighted by Crippen LogP contribution is 2.24. The van der Waals surface area contributed by atoms with Crippen LogP contribution in [0.4, 0.5) is 0 Å². The largest absolute Gasteiger partial charge is 0.477 e. The van der Waals surface area contributed by atoms with Gasteiger partial charge in [-0.05, 0) is 57.2 Å². The van der Waals surface area contributed by atoms with Crippen LogP contribution in [0.15, 0.2) is 30.1 Å². The first kappa shape index (κ1) is 22.6. The summed E-state index contributed by atoms with van der Waals surface area (Å²) in [6.07, 6.45) is 10.4. The number of nitrogens with zero attached hydrogens (tertiary/aromatic N) is 3. The second-order valence-electron chi connectivity index (χ2n) is 7.79. The van der Waals surface area contributed by atoms with E-state index in [0.29, 0.717) is 24.9 Å². The Hall–Kier alpha value is -2.69. The second kappa shape index (κ2) is 10.7. The first-order valence-corrected chi connectivity index (χ1v) is 10.3. The molecular weight excluding hydrogens is 362 g/mol. The first-order chi connectivity index (χ1) is 13.9. The van der Waals surface area contributed by atoms with Crippen molar-refractivity contribution in [3.63, 3.8) is 0 Å². The molecule has 0 aliphatic rings. The molecule has 0 atom stereocenters. The number of allylic oxidation sites excluding steroid dienone is 3. The van der Waals surface area contributed by atoms with Gasteiger partial charge in [0.15, 0.2) is 6.29 Å². The second-order valence-corrected chi connectivity index (χ2v) is 7.79. The molecule has 0 fully saturated rings. The highest BCUT2D eigenvalue weighted by atomic mass is 16.5. The van der Waals surface area contributed by atoms with Gasteiger partial charge in [-0.1, -0.05) is 32.4 Å².